The van der Waals surface area contributed by atoms with Gasteiger partial charge in [0.15, 0.2) is 5.78 Å². The first-order valence-corrected chi connectivity index (χ1v) is 5.80. The fraction of sp³-hybridized carbons (Fsp3) is 0.333. The van der Waals surface area contributed by atoms with Gasteiger partial charge in [-0.3, -0.25) is 9.59 Å². The number of ether oxygens (including phenoxy) is 1. The van der Waals surface area contributed by atoms with Crippen LogP contribution in [0.25, 0.3) is 0 Å². The number of benzene rings is 1. The summed E-state index contributed by atoms with van der Waals surface area (Å²) in [6.45, 7) is 5.55. The van der Waals surface area contributed by atoms with Gasteiger partial charge in [0.25, 0.3) is 0 Å². The normalized spacial score (nSPS) is 9.28. The molecule has 0 saturated carbocycles. The van der Waals surface area contributed by atoms with E-state index in [1.807, 2.05) is 6.92 Å². The SMILES string of the molecule is CCOC(=O)CC#Cc1ccc(C(C)=O)cc1C. The molecular weight excluding hydrogens is 228 g/mol. The van der Waals surface area contributed by atoms with Crippen LogP contribution in [0, 0.1) is 18.8 Å². The zero-order valence-electron chi connectivity index (χ0n) is 10.9. The van der Waals surface area contributed by atoms with E-state index in [9.17, 15) is 9.59 Å². The van der Waals surface area contributed by atoms with Gasteiger partial charge in [-0.1, -0.05) is 17.9 Å². The first kappa shape index (κ1) is 14.0. The highest BCUT2D eigenvalue weighted by Crippen LogP contribution is 2.10. The van der Waals surface area contributed by atoms with Crippen molar-refractivity contribution < 1.29 is 14.3 Å². The molecule has 1 aromatic carbocycles. The van der Waals surface area contributed by atoms with Crippen molar-refractivity contribution in [3.63, 3.8) is 0 Å². The molecule has 0 aliphatic heterocycles. The minimum Gasteiger partial charge on any atom is -0.465 e. The number of aryl methyl sites for hydroxylation is 1. The molecule has 0 aromatic heterocycles. The lowest BCUT2D eigenvalue weighted by molar-refractivity contribution is -0.141. The Hall–Kier alpha value is -2.08. The third kappa shape index (κ3) is 4.06. The van der Waals surface area contributed by atoms with E-state index < -0.39 is 0 Å². The smallest absolute Gasteiger partial charge is 0.317 e. The minimum absolute atomic E-state index is 0.0316. The van der Waals surface area contributed by atoms with E-state index in [4.69, 9.17) is 4.74 Å². The van der Waals surface area contributed by atoms with Gasteiger partial charge in [0, 0.05) is 11.1 Å². The van der Waals surface area contributed by atoms with E-state index in [1.165, 1.54) is 6.92 Å². The van der Waals surface area contributed by atoms with Gasteiger partial charge < -0.3 is 4.74 Å². The molecule has 3 nitrogen and oxygen atoms in total. The average molecular weight is 244 g/mol. The van der Waals surface area contributed by atoms with Gasteiger partial charge in [0.05, 0.1) is 6.61 Å². The van der Waals surface area contributed by atoms with Gasteiger partial charge in [0.1, 0.15) is 6.42 Å². The van der Waals surface area contributed by atoms with Gasteiger partial charge in [-0.2, -0.15) is 0 Å². The van der Waals surface area contributed by atoms with E-state index in [0.717, 1.165) is 11.1 Å². The number of carbonyl (C=O) groups is 2. The fourth-order valence-corrected chi connectivity index (χ4v) is 1.45. The highest BCUT2D eigenvalue weighted by molar-refractivity contribution is 5.94. The number of esters is 1. The van der Waals surface area contributed by atoms with Crippen molar-refractivity contribution in [3.8, 4) is 11.8 Å². The highest BCUT2D eigenvalue weighted by Gasteiger charge is 2.02. The van der Waals surface area contributed by atoms with E-state index in [-0.39, 0.29) is 18.2 Å². The summed E-state index contributed by atoms with van der Waals surface area (Å²) in [6, 6.07) is 5.34. The molecule has 0 bridgehead atoms. The van der Waals surface area contributed by atoms with Crippen LogP contribution in [0.3, 0.4) is 0 Å². The van der Waals surface area contributed by atoms with Gasteiger partial charge in [-0.25, -0.2) is 0 Å². The molecule has 3 heteroatoms. The molecule has 0 atom stereocenters. The first-order valence-electron chi connectivity index (χ1n) is 5.80. The third-order valence-corrected chi connectivity index (χ3v) is 2.39. The van der Waals surface area contributed by atoms with Gasteiger partial charge >= 0.3 is 5.97 Å². The second kappa shape index (κ2) is 6.61. The van der Waals surface area contributed by atoms with Crippen LogP contribution in [0.4, 0.5) is 0 Å². The molecule has 0 aliphatic carbocycles. The molecule has 0 aliphatic rings. The van der Waals surface area contributed by atoms with Crippen LogP contribution in [-0.2, 0) is 9.53 Å². The number of hydrogen-bond acceptors (Lipinski definition) is 3. The largest absolute Gasteiger partial charge is 0.465 e. The Kier molecular flexibility index (Phi) is 5.13. The molecule has 94 valence electrons. The molecule has 0 fully saturated rings. The van der Waals surface area contributed by atoms with Crippen molar-refractivity contribution >= 4 is 11.8 Å². The minimum atomic E-state index is -0.317. The lowest BCUT2D eigenvalue weighted by atomic mass is 10.0. The van der Waals surface area contributed by atoms with Crippen LogP contribution in [0.2, 0.25) is 0 Å². The van der Waals surface area contributed by atoms with Crippen molar-refractivity contribution in [2.45, 2.75) is 27.2 Å². The van der Waals surface area contributed by atoms with Crippen LogP contribution in [-0.4, -0.2) is 18.4 Å². The Labute approximate surface area is 107 Å². The maximum absolute atomic E-state index is 11.2. The Morgan fingerprint density at radius 2 is 2.06 bits per heavy atom. The summed E-state index contributed by atoms with van der Waals surface area (Å²) in [4.78, 5) is 22.3. The van der Waals surface area contributed by atoms with Crippen LogP contribution in [0.5, 0.6) is 0 Å². The summed E-state index contributed by atoms with van der Waals surface area (Å²) in [5.74, 6) is 5.39. The molecule has 0 saturated heterocycles. The monoisotopic (exact) mass is 244 g/mol. The van der Waals surface area contributed by atoms with Crippen molar-refractivity contribution in [2.75, 3.05) is 6.61 Å². The molecular formula is C15H16O3. The molecule has 18 heavy (non-hydrogen) atoms. The van der Waals surface area contributed by atoms with E-state index in [0.29, 0.717) is 12.2 Å². The Bertz CT molecular complexity index is 518. The maximum Gasteiger partial charge on any atom is 0.317 e. The third-order valence-electron chi connectivity index (χ3n) is 2.39. The summed E-state index contributed by atoms with van der Waals surface area (Å²) in [5, 5.41) is 0. The molecule has 0 N–H and O–H groups in total. The fourth-order valence-electron chi connectivity index (χ4n) is 1.45. The van der Waals surface area contributed by atoms with Crippen LogP contribution in [0.1, 0.15) is 41.8 Å². The van der Waals surface area contributed by atoms with Gasteiger partial charge in [-0.15, -0.1) is 0 Å². The molecule has 1 aromatic rings. The van der Waals surface area contributed by atoms with Crippen molar-refractivity contribution in [3.05, 3.63) is 34.9 Å². The first-order chi connectivity index (χ1) is 8.54. The lowest BCUT2D eigenvalue weighted by Crippen LogP contribution is -2.01. The van der Waals surface area contributed by atoms with Gasteiger partial charge in [0.2, 0.25) is 0 Å². The zero-order valence-corrected chi connectivity index (χ0v) is 10.9. The predicted octanol–water partition coefficient (Wildman–Crippen LogP) is 2.50. The van der Waals surface area contributed by atoms with Crippen molar-refractivity contribution in [2.24, 2.45) is 0 Å². The highest BCUT2D eigenvalue weighted by atomic mass is 16.5. The Morgan fingerprint density at radius 3 is 2.61 bits per heavy atom. The topological polar surface area (TPSA) is 43.4 Å². The van der Waals surface area contributed by atoms with E-state index in [2.05, 4.69) is 11.8 Å². The Balaban J connectivity index is 2.77. The molecule has 0 spiro atoms. The van der Waals surface area contributed by atoms with Crippen LogP contribution >= 0.6 is 0 Å². The molecule has 0 heterocycles. The number of rotatable bonds is 3. The van der Waals surface area contributed by atoms with E-state index >= 15 is 0 Å². The second-order valence-corrected chi connectivity index (χ2v) is 3.87. The second-order valence-electron chi connectivity index (χ2n) is 3.87. The summed E-state index contributed by atoms with van der Waals surface area (Å²) >= 11 is 0. The van der Waals surface area contributed by atoms with Crippen molar-refractivity contribution in [1.29, 1.82) is 0 Å². The predicted molar refractivity (Wildman–Crippen MR) is 69.3 cm³/mol. The quantitative estimate of drug-likeness (QED) is 0.466. The number of carbonyl (C=O) groups excluding carboxylic acids is 2. The van der Waals surface area contributed by atoms with E-state index in [1.54, 1.807) is 25.1 Å². The number of hydrogen-bond donors (Lipinski definition) is 0. The molecule has 0 unspecified atom stereocenters. The lowest BCUT2D eigenvalue weighted by Gasteiger charge is -2.00. The van der Waals surface area contributed by atoms with Gasteiger partial charge in [-0.05, 0) is 38.5 Å². The van der Waals surface area contributed by atoms with Crippen LogP contribution < -0.4 is 0 Å². The molecule has 1 rings (SSSR count). The Morgan fingerprint density at radius 1 is 1.33 bits per heavy atom. The van der Waals surface area contributed by atoms with Crippen LogP contribution in [0.15, 0.2) is 18.2 Å². The summed E-state index contributed by atoms with van der Waals surface area (Å²) in [7, 11) is 0. The number of Topliss-reactive ketones (excluding diaryl/α,β-unsaturated/α-hetero) is 1. The van der Waals surface area contributed by atoms with Crippen molar-refractivity contribution in [1.82, 2.24) is 0 Å². The summed E-state index contributed by atoms with van der Waals surface area (Å²) in [5.41, 5.74) is 2.42. The molecule has 0 amide bonds. The number of ketones is 1. The maximum atomic E-state index is 11.2. The summed E-state index contributed by atoms with van der Waals surface area (Å²) < 4.78 is 4.77. The average Bonchev–Trinajstić information content (AvgIpc) is 2.31. The zero-order chi connectivity index (χ0) is 13.5. The summed E-state index contributed by atoms with van der Waals surface area (Å²) in [6.07, 6.45) is 0.0851. The standard InChI is InChI=1S/C15H16O3/c1-4-18-15(17)7-5-6-13-8-9-14(12(3)16)10-11(13)2/h8-10H,4,7H2,1-3H3. The molecule has 0 radical (unpaired) electrons.